The first-order chi connectivity index (χ1) is 18.2. The van der Waals surface area contributed by atoms with Gasteiger partial charge in [-0.3, -0.25) is 8.70 Å². The van der Waals surface area contributed by atoms with Gasteiger partial charge in [0.15, 0.2) is 0 Å². The lowest BCUT2D eigenvalue weighted by molar-refractivity contribution is 0.0711. The highest BCUT2D eigenvalue weighted by molar-refractivity contribution is 8.12. The number of likely N-dealkylation sites (N-methyl/N-ethyl adjacent to an activating group) is 1. The van der Waals surface area contributed by atoms with Gasteiger partial charge in [0.25, 0.3) is 0 Å². The summed E-state index contributed by atoms with van der Waals surface area (Å²) in [5.41, 5.74) is 3.08. The smallest absolute Gasteiger partial charge is 0.125 e. The minimum absolute atomic E-state index is 0.124. The fourth-order valence-corrected chi connectivity index (χ4v) is 6.72. The Morgan fingerprint density at radius 2 is 1.82 bits per heavy atom. The summed E-state index contributed by atoms with van der Waals surface area (Å²) in [7, 11) is 2.37. The van der Waals surface area contributed by atoms with E-state index >= 15 is 0 Å². The maximum atomic E-state index is 9.50. The van der Waals surface area contributed by atoms with Crippen LogP contribution < -0.4 is 9.64 Å². The van der Waals surface area contributed by atoms with Crippen LogP contribution in [0.15, 0.2) is 71.9 Å². The van der Waals surface area contributed by atoms with Crippen molar-refractivity contribution in [2.24, 2.45) is 0 Å². The fraction of sp³-hybridized carbons (Fsp3) is 0.452. The maximum Gasteiger partial charge on any atom is 0.125 e. The molecule has 4 rings (SSSR count). The van der Waals surface area contributed by atoms with Gasteiger partial charge in [-0.1, -0.05) is 47.2 Å². The minimum Gasteiger partial charge on any atom is -0.487 e. The molecule has 38 heavy (non-hydrogen) atoms. The quantitative estimate of drug-likeness (QED) is 0.302. The molecule has 2 atom stereocenters. The Morgan fingerprint density at radius 3 is 2.45 bits per heavy atom. The lowest BCUT2D eigenvalue weighted by atomic mass is 9.88. The van der Waals surface area contributed by atoms with E-state index in [-0.39, 0.29) is 22.3 Å². The first-order valence-corrected chi connectivity index (χ1v) is 15.0. The molecule has 208 valence electrons. The van der Waals surface area contributed by atoms with Gasteiger partial charge in [-0.15, -0.1) is 0 Å². The first kappa shape index (κ1) is 30.3. The average molecular weight is 560 g/mol. The van der Waals surface area contributed by atoms with Crippen molar-refractivity contribution >= 4 is 33.8 Å². The standard InChI is InChI=1S/C30H40ClN3OS.CH3F/c1-7-17-32(5)23(2)22-34(25-13-11-24(31)12-14-25)28-21-30(3,4)35-29-16-15-26(20-27(28)29)36(6)33-18-9-8-10-19-33;1-2/h7,11-17,20,28H,2,6,8-10,18-19,21-22H2,1,3-5H3;1H3/b17-7-;. The van der Waals surface area contributed by atoms with E-state index in [1.165, 1.54) is 29.7 Å². The summed E-state index contributed by atoms with van der Waals surface area (Å²) < 4.78 is 18.5. The Labute approximate surface area is 236 Å². The molecule has 2 unspecified atom stereocenters. The normalized spacial score (nSPS) is 19.5. The third-order valence-electron chi connectivity index (χ3n) is 7.07. The summed E-state index contributed by atoms with van der Waals surface area (Å²) >= 11 is 6.27. The Hall–Kier alpha value is -2.28. The zero-order valence-electron chi connectivity index (χ0n) is 23.6. The van der Waals surface area contributed by atoms with Crippen molar-refractivity contribution in [3.63, 3.8) is 0 Å². The van der Waals surface area contributed by atoms with Crippen molar-refractivity contribution in [1.29, 1.82) is 0 Å². The number of rotatable bonds is 8. The van der Waals surface area contributed by atoms with Crippen LogP contribution in [0.5, 0.6) is 5.75 Å². The lowest BCUT2D eigenvalue weighted by Crippen LogP contribution is -2.43. The summed E-state index contributed by atoms with van der Waals surface area (Å²) in [6.07, 6.45) is 8.79. The van der Waals surface area contributed by atoms with Gasteiger partial charge in [0.2, 0.25) is 0 Å². The second-order valence-corrected chi connectivity index (χ2v) is 12.6. The molecule has 2 aliphatic heterocycles. The Bertz CT molecular complexity index is 1130. The number of anilines is 1. The second kappa shape index (κ2) is 13.7. The molecule has 0 radical (unpaired) electrons. The van der Waals surface area contributed by atoms with Gasteiger partial charge in [0.1, 0.15) is 11.4 Å². The molecule has 0 saturated carbocycles. The highest BCUT2D eigenvalue weighted by Gasteiger charge is 2.38. The van der Waals surface area contributed by atoms with Gasteiger partial charge in [0, 0.05) is 53.4 Å². The molecular formula is C31H43ClFN3OS. The number of benzene rings is 2. The summed E-state index contributed by atoms with van der Waals surface area (Å²) in [4.78, 5) is 5.83. The molecule has 1 fully saturated rings. The van der Waals surface area contributed by atoms with Crippen molar-refractivity contribution in [2.75, 3.05) is 38.8 Å². The highest BCUT2D eigenvalue weighted by Crippen LogP contribution is 2.46. The third kappa shape index (κ3) is 7.43. The molecule has 0 bridgehead atoms. The van der Waals surface area contributed by atoms with E-state index < -0.39 is 0 Å². The molecule has 4 nitrogen and oxygen atoms in total. The third-order valence-corrected chi connectivity index (χ3v) is 9.11. The zero-order chi connectivity index (χ0) is 27.9. The topological polar surface area (TPSA) is 19.0 Å². The Morgan fingerprint density at radius 1 is 1.16 bits per heavy atom. The van der Waals surface area contributed by atoms with Crippen LogP contribution in [0.1, 0.15) is 58.1 Å². The van der Waals surface area contributed by atoms with E-state index in [1.54, 1.807) is 0 Å². The number of hydrogen-bond donors (Lipinski definition) is 0. The van der Waals surface area contributed by atoms with Crippen LogP contribution in [0.4, 0.5) is 10.1 Å². The van der Waals surface area contributed by atoms with Gasteiger partial charge >= 0.3 is 0 Å². The molecule has 0 spiro atoms. The summed E-state index contributed by atoms with van der Waals surface area (Å²) in [6.45, 7) is 13.7. The minimum atomic E-state index is -0.292. The van der Waals surface area contributed by atoms with Crippen LogP contribution in [0.2, 0.25) is 5.02 Å². The predicted octanol–water partition coefficient (Wildman–Crippen LogP) is 8.47. The first-order valence-electron chi connectivity index (χ1n) is 13.2. The van der Waals surface area contributed by atoms with Gasteiger partial charge in [-0.05, 0) is 82.3 Å². The van der Waals surface area contributed by atoms with Gasteiger partial charge < -0.3 is 14.5 Å². The van der Waals surface area contributed by atoms with Crippen molar-refractivity contribution in [1.82, 2.24) is 9.21 Å². The molecule has 2 heterocycles. The SMILES string of the molecule is C=C(CN(c1ccc(Cl)cc1)C1CC(C)(C)Oc2ccc(S(=C)N3CCCCC3)cc21)N(C)/C=C\C.CF. The molecule has 2 aliphatic rings. The predicted molar refractivity (Wildman–Crippen MR) is 164 cm³/mol. The molecule has 0 aliphatic carbocycles. The van der Waals surface area contributed by atoms with Crippen molar-refractivity contribution in [2.45, 2.75) is 63.0 Å². The highest BCUT2D eigenvalue weighted by atomic mass is 35.5. The van der Waals surface area contributed by atoms with E-state index in [9.17, 15) is 4.39 Å². The van der Waals surface area contributed by atoms with E-state index in [0.717, 1.165) is 41.7 Å². The van der Waals surface area contributed by atoms with Crippen molar-refractivity contribution < 1.29 is 9.13 Å². The Balaban J connectivity index is 0.00000195. The van der Waals surface area contributed by atoms with Crippen molar-refractivity contribution in [3.05, 3.63) is 77.6 Å². The molecule has 0 N–H and O–H groups in total. The van der Waals surface area contributed by atoms with E-state index in [4.69, 9.17) is 16.3 Å². The molecule has 0 aromatic heterocycles. The van der Waals surface area contributed by atoms with Crippen LogP contribution in [0, 0.1) is 0 Å². The number of ether oxygens (including phenoxy) is 1. The van der Waals surface area contributed by atoms with Gasteiger partial charge in [0.05, 0.1) is 19.8 Å². The van der Waals surface area contributed by atoms with Crippen LogP contribution >= 0.6 is 22.3 Å². The molecule has 0 amide bonds. The van der Waals surface area contributed by atoms with Gasteiger partial charge in [-0.25, -0.2) is 0 Å². The van der Waals surface area contributed by atoms with Crippen LogP contribution in [-0.2, 0) is 0 Å². The fourth-order valence-electron chi connectivity index (χ4n) is 5.10. The monoisotopic (exact) mass is 559 g/mol. The maximum absolute atomic E-state index is 9.50. The summed E-state index contributed by atoms with van der Waals surface area (Å²) in [6, 6.07) is 15.0. The van der Waals surface area contributed by atoms with Crippen molar-refractivity contribution in [3.8, 4) is 5.75 Å². The van der Waals surface area contributed by atoms with E-state index in [2.05, 4.69) is 84.0 Å². The van der Waals surface area contributed by atoms with Crippen LogP contribution in [0.3, 0.4) is 0 Å². The van der Waals surface area contributed by atoms with E-state index in [1.807, 2.05) is 25.1 Å². The molecular weight excluding hydrogens is 517 g/mol. The number of allylic oxidation sites excluding steroid dienone is 1. The number of piperidine rings is 1. The number of alkyl halides is 1. The molecule has 7 heteroatoms. The molecule has 2 aromatic carbocycles. The zero-order valence-corrected chi connectivity index (χ0v) is 25.1. The summed E-state index contributed by atoms with van der Waals surface area (Å²) in [5.74, 6) is 5.56. The van der Waals surface area contributed by atoms with Gasteiger partial charge in [-0.2, -0.15) is 0 Å². The molecule has 2 aromatic rings. The summed E-state index contributed by atoms with van der Waals surface area (Å²) in [5, 5.41) is 0.737. The van der Waals surface area contributed by atoms with Crippen LogP contribution in [0.25, 0.3) is 0 Å². The average Bonchev–Trinajstić information content (AvgIpc) is 2.92. The number of hydrogen-bond acceptors (Lipinski definition) is 4. The largest absolute Gasteiger partial charge is 0.487 e. The lowest BCUT2D eigenvalue weighted by Gasteiger charge is -2.44. The van der Waals surface area contributed by atoms with E-state index in [0.29, 0.717) is 13.7 Å². The number of nitrogens with zero attached hydrogens (tertiary/aromatic N) is 3. The Kier molecular flexibility index (Phi) is 10.9. The number of fused-ring (bicyclic) bond motifs is 1. The molecule has 1 saturated heterocycles. The number of halogens is 2. The second-order valence-electron chi connectivity index (χ2n) is 10.4. The van der Waals surface area contributed by atoms with Crippen LogP contribution in [-0.4, -0.2) is 54.5 Å².